The molecule has 0 atom stereocenters. The van der Waals surface area contributed by atoms with Gasteiger partial charge in [0, 0.05) is 16.7 Å². The highest BCUT2D eigenvalue weighted by Gasteiger charge is 2.53. The molecule has 4 aliphatic rings. The van der Waals surface area contributed by atoms with E-state index >= 15 is 0 Å². The van der Waals surface area contributed by atoms with Crippen molar-refractivity contribution < 1.29 is 0 Å². The molecule has 0 radical (unpaired) electrons. The lowest BCUT2D eigenvalue weighted by Crippen LogP contribution is -2.27. The summed E-state index contributed by atoms with van der Waals surface area (Å²) in [5.74, 6) is 0. The normalized spacial score (nSPS) is 14.8. The second kappa shape index (κ2) is 15.4. The van der Waals surface area contributed by atoms with Crippen molar-refractivity contribution in [2.75, 3.05) is 4.90 Å². The first-order valence-electron chi connectivity index (χ1n) is 26.2. The minimum Gasteiger partial charge on any atom is -0.310 e. The van der Waals surface area contributed by atoms with Crippen molar-refractivity contribution in [2.24, 2.45) is 0 Å². The lowest BCUT2D eigenvalue weighted by molar-refractivity contribution is 0.550. The monoisotopic (exact) mass is 927 g/mol. The first-order chi connectivity index (χ1) is 36.2. The Morgan fingerprint density at radius 3 is 1.36 bits per heavy atom. The van der Waals surface area contributed by atoms with E-state index < -0.39 is 5.41 Å². The summed E-state index contributed by atoms with van der Waals surface area (Å²) in [6.07, 6.45) is 4.71. The Hall–Kier alpha value is -8.78. The minimum atomic E-state index is -0.519. The van der Waals surface area contributed by atoms with Crippen LogP contribution in [0, 0.1) is 0 Å². The van der Waals surface area contributed by atoms with Crippen LogP contribution in [0.15, 0.2) is 249 Å². The predicted molar refractivity (Wildman–Crippen MR) is 305 cm³/mol. The number of anilines is 3. The molecule has 0 aromatic heterocycles. The number of hydrogen-bond donors (Lipinski definition) is 0. The standard InChI is InChI=1S/C72H49N/c1-2-19-46(20-3-1)47-35-37-48(38-36-47)60-44-62-58-28-11-15-33-66(58)72(64-31-13-9-25-55(64)56-26-10-14-32-65(56)72)67(62)45-69(60)73(68-34-18-29-59-57-27-8-12-30-63(57)71(70(59)68)41-16-17-42-71)49-39-40-54-52-23-5-4-21-50(52)51-22-6-7-24-53(51)61(54)43-49/h1-15,18-40,43-45H,16-17,41-42H2. The van der Waals surface area contributed by atoms with Crippen molar-refractivity contribution in [3.63, 3.8) is 0 Å². The third-order valence-electron chi connectivity index (χ3n) is 17.6. The van der Waals surface area contributed by atoms with Gasteiger partial charge in [0.15, 0.2) is 0 Å². The topological polar surface area (TPSA) is 3.24 Å². The highest BCUT2D eigenvalue weighted by Crippen LogP contribution is 2.66. The van der Waals surface area contributed by atoms with Gasteiger partial charge in [-0.05, 0) is 159 Å². The van der Waals surface area contributed by atoms with E-state index in [1.165, 1.54) is 146 Å². The van der Waals surface area contributed by atoms with Crippen LogP contribution in [0.25, 0.3) is 88.0 Å². The molecule has 4 aliphatic carbocycles. The zero-order valence-corrected chi connectivity index (χ0v) is 40.4. The molecule has 1 fully saturated rings. The van der Waals surface area contributed by atoms with Crippen LogP contribution in [-0.2, 0) is 10.8 Å². The maximum atomic E-state index is 2.71. The van der Waals surface area contributed by atoms with Crippen molar-refractivity contribution in [1.82, 2.24) is 0 Å². The quantitative estimate of drug-likeness (QED) is 0.156. The molecule has 1 saturated carbocycles. The highest BCUT2D eigenvalue weighted by molar-refractivity contribution is 6.26. The van der Waals surface area contributed by atoms with Crippen LogP contribution in [0.4, 0.5) is 17.1 Å². The van der Waals surface area contributed by atoms with Crippen LogP contribution < -0.4 is 4.90 Å². The van der Waals surface area contributed by atoms with Gasteiger partial charge in [0.25, 0.3) is 0 Å². The molecule has 0 heterocycles. The first-order valence-corrected chi connectivity index (χ1v) is 26.2. The predicted octanol–water partition coefficient (Wildman–Crippen LogP) is 19.1. The molecule has 0 saturated heterocycles. The molecule has 73 heavy (non-hydrogen) atoms. The van der Waals surface area contributed by atoms with E-state index in [2.05, 4.69) is 254 Å². The third kappa shape index (κ3) is 5.52. The van der Waals surface area contributed by atoms with Gasteiger partial charge < -0.3 is 4.90 Å². The number of nitrogens with zero attached hydrogens (tertiary/aromatic N) is 1. The fourth-order valence-electron chi connectivity index (χ4n) is 14.7. The Balaban J connectivity index is 1.06. The van der Waals surface area contributed by atoms with Gasteiger partial charge in [-0.25, -0.2) is 0 Å². The summed E-state index contributed by atoms with van der Waals surface area (Å²) in [4.78, 5) is 2.71. The van der Waals surface area contributed by atoms with E-state index in [0.717, 1.165) is 18.5 Å². The second-order valence-corrected chi connectivity index (χ2v) is 20.9. The van der Waals surface area contributed by atoms with Crippen LogP contribution in [0.2, 0.25) is 0 Å². The summed E-state index contributed by atoms with van der Waals surface area (Å²) in [6, 6.07) is 94.9. The van der Waals surface area contributed by atoms with Crippen molar-refractivity contribution >= 4 is 49.4 Å². The van der Waals surface area contributed by atoms with Crippen LogP contribution in [0.5, 0.6) is 0 Å². The summed E-state index contributed by atoms with van der Waals surface area (Å²) in [5.41, 5.74) is 24.2. The van der Waals surface area contributed by atoms with Crippen LogP contribution in [-0.4, -0.2) is 0 Å². The van der Waals surface area contributed by atoms with Gasteiger partial charge in [0.2, 0.25) is 0 Å². The lowest BCUT2D eigenvalue weighted by Gasteiger charge is -2.36. The minimum absolute atomic E-state index is 0.0878. The van der Waals surface area contributed by atoms with Crippen molar-refractivity contribution in [1.29, 1.82) is 0 Å². The van der Waals surface area contributed by atoms with Gasteiger partial charge >= 0.3 is 0 Å². The van der Waals surface area contributed by atoms with E-state index in [0.29, 0.717) is 0 Å². The van der Waals surface area contributed by atoms with E-state index in [9.17, 15) is 0 Å². The largest absolute Gasteiger partial charge is 0.310 e. The molecule has 2 spiro atoms. The Morgan fingerprint density at radius 1 is 0.274 bits per heavy atom. The van der Waals surface area contributed by atoms with E-state index in [-0.39, 0.29) is 5.41 Å². The summed E-state index contributed by atoms with van der Waals surface area (Å²) in [7, 11) is 0. The van der Waals surface area contributed by atoms with Gasteiger partial charge in [0.1, 0.15) is 0 Å². The molecule has 0 bridgehead atoms. The fraction of sp³-hybridized carbons (Fsp3) is 0.0833. The average molecular weight is 928 g/mol. The molecule has 1 nitrogen and oxygen atoms in total. The molecule has 12 aromatic carbocycles. The average Bonchev–Trinajstić information content (AvgIpc) is 4.25. The van der Waals surface area contributed by atoms with Gasteiger partial charge in [-0.1, -0.05) is 231 Å². The highest BCUT2D eigenvalue weighted by atomic mass is 15.2. The van der Waals surface area contributed by atoms with Crippen molar-refractivity contribution in [3.05, 3.63) is 282 Å². The number of rotatable bonds is 5. The SMILES string of the molecule is c1ccc(-c2ccc(-c3cc4c(cc3N(c3ccc5c6ccccc6c6ccccc6c5c3)c3cccc5c3C3(CCCC3)c3ccccc3-5)C3(c5ccccc5-c5ccccc53)c3ccccc3-4)cc2)cc1. The van der Waals surface area contributed by atoms with Crippen LogP contribution >= 0.6 is 0 Å². The third-order valence-corrected chi connectivity index (χ3v) is 17.6. The second-order valence-electron chi connectivity index (χ2n) is 20.9. The Labute approximate surface area is 426 Å². The fourth-order valence-corrected chi connectivity index (χ4v) is 14.7. The summed E-state index contributed by atoms with van der Waals surface area (Å²) in [6.45, 7) is 0. The first kappa shape index (κ1) is 40.9. The lowest BCUT2D eigenvalue weighted by atomic mass is 9.70. The molecule has 12 aromatic rings. The van der Waals surface area contributed by atoms with Gasteiger partial charge in [-0.2, -0.15) is 0 Å². The molecule has 0 aliphatic heterocycles. The molecule has 0 amide bonds. The zero-order chi connectivity index (χ0) is 47.8. The molecular weight excluding hydrogens is 879 g/mol. The number of benzene rings is 12. The summed E-state index contributed by atoms with van der Waals surface area (Å²) in [5, 5.41) is 7.67. The van der Waals surface area contributed by atoms with Crippen LogP contribution in [0.1, 0.15) is 59.1 Å². The molecule has 16 rings (SSSR count). The molecule has 342 valence electrons. The van der Waals surface area contributed by atoms with E-state index in [4.69, 9.17) is 0 Å². The zero-order valence-electron chi connectivity index (χ0n) is 40.4. The molecule has 0 unspecified atom stereocenters. The van der Waals surface area contributed by atoms with E-state index in [1.54, 1.807) is 0 Å². The smallest absolute Gasteiger partial charge is 0.0726 e. The molecule has 0 N–H and O–H groups in total. The number of hydrogen-bond acceptors (Lipinski definition) is 1. The maximum absolute atomic E-state index is 2.71. The Bertz CT molecular complexity index is 4190. The van der Waals surface area contributed by atoms with Crippen molar-refractivity contribution in [2.45, 2.75) is 36.5 Å². The van der Waals surface area contributed by atoms with E-state index in [1.807, 2.05) is 0 Å². The maximum Gasteiger partial charge on any atom is 0.0726 e. The number of fused-ring (bicyclic) bond motifs is 21. The summed E-state index contributed by atoms with van der Waals surface area (Å²) >= 11 is 0. The van der Waals surface area contributed by atoms with Gasteiger partial charge in [-0.3, -0.25) is 0 Å². The Kier molecular flexibility index (Phi) is 8.61. The van der Waals surface area contributed by atoms with Gasteiger partial charge in [-0.15, -0.1) is 0 Å². The van der Waals surface area contributed by atoms with Gasteiger partial charge in [0.05, 0.1) is 16.8 Å². The van der Waals surface area contributed by atoms with Crippen molar-refractivity contribution in [3.8, 4) is 55.6 Å². The molecular formula is C72H49N. The molecule has 1 heteroatoms. The van der Waals surface area contributed by atoms with Crippen LogP contribution in [0.3, 0.4) is 0 Å². The Morgan fingerprint density at radius 2 is 0.740 bits per heavy atom. The summed E-state index contributed by atoms with van der Waals surface area (Å²) < 4.78 is 0.